The van der Waals surface area contributed by atoms with Gasteiger partial charge in [-0.3, -0.25) is 0 Å². The molecule has 1 nitrogen and oxygen atoms in total. The minimum Gasteiger partial charge on any atom is -0.506 e. The zero-order valence-corrected chi connectivity index (χ0v) is 17.3. The van der Waals surface area contributed by atoms with Crippen LogP contribution < -0.4 is 0 Å². The Bertz CT molecular complexity index is 505. The Hall–Kier alpha value is 0.480. The van der Waals surface area contributed by atoms with Gasteiger partial charge in [0.25, 0.3) is 0 Å². The molecule has 0 heterocycles. The maximum atomic E-state index is 10.0. The van der Waals surface area contributed by atoms with Crippen LogP contribution >= 0.6 is 45.2 Å². The van der Waals surface area contributed by atoms with Crippen molar-refractivity contribution < 1.29 is 5.11 Å². The first-order valence-electron chi connectivity index (χ1n) is 7.17. The van der Waals surface area contributed by atoms with Gasteiger partial charge in [0, 0.05) is 5.41 Å². The van der Waals surface area contributed by atoms with E-state index >= 15 is 0 Å². The molecule has 1 aliphatic rings. The number of benzene rings is 1. The van der Waals surface area contributed by atoms with Crippen LogP contribution in [0.2, 0.25) is 0 Å². The molecule has 112 valence electrons. The van der Waals surface area contributed by atoms with E-state index in [9.17, 15) is 5.11 Å². The third-order valence-electron chi connectivity index (χ3n) is 4.87. The first-order valence-corrected chi connectivity index (χ1v) is 9.33. The molecule has 3 heteroatoms. The van der Waals surface area contributed by atoms with E-state index in [2.05, 4.69) is 91.9 Å². The van der Waals surface area contributed by atoms with Gasteiger partial charge in [-0.2, -0.15) is 0 Å². The third-order valence-corrected chi connectivity index (χ3v) is 6.52. The summed E-state index contributed by atoms with van der Waals surface area (Å²) in [7, 11) is 0. The molecular weight excluding hydrogens is 474 g/mol. The predicted octanol–water partition coefficient (Wildman–Crippen LogP) is 6.10. The topological polar surface area (TPSA) is 20.2 Å². The van der Waals surface area contributed by atoms with Crippen LogP contribution in [0.1, 0.15) is 59.4 Å². The van der Waals surface area contributed by atoms with Crippen LogP contribution in [-0.2, 0) is 5.41 Å². The molecule has 1 unspecified atom stereocenters. The second-order valence-electron chi connectivity index (χ2n) is 7.99. The molecule has 0 amide bonds. The SMILES string of the molecule is CC(C)(C)CC1(c2cc(I)c(O)c(I)c2)CCC1(C)C. The molecule has 1 aromatic carbocycles. The van der Waals surface area contributed by atoms with Crippen molar-refractivity contribution in [2.24, 2.45) is 10.8 Å². The number of rotatable bonds is 2. The highest BCUT2D eigenvalue weighted by Crippen LogP contribution is 2.62. The Balaban J connectivity index is 2.54. The third kappa shape index (κ3) is 2.85. The molecule has 0 spiro atoms. The van der Waals surface area contributed by atoms with Gasteiger partial charge in [-0.1, -0.05) is 34.6 Å². The van der Waals surface area contributed by atoms with Crippen LogP contribution in [0.4, 0.5) is 0 Å². The summed E-state index contributed by atoms with van der Waals surface area (Å²) in [5.41, 5.74) is 2.31. The van der Waals surface area contributed by atoms with E-state index in [0.717, 1.165) is 7.14 Å². The molecular formula is C17H24I2O. The average Bonchev–Trinajstić information content (AvgIpc) is 2.29. The lowest BCUT2D eigenvalue weighted by atomic mass is 9.45. The van der Waals surface area contributed by atoms with Crippen LogP contribution in [0.15, 0.2) is 12.1 Å². The fraction of sp³-hybridized carbons (Fsp3) is 0.647. The second kappa shape index (κ2) is 5.28. The van der Waals surface area contributed by atoms with Crippen LogP contribution in [0.25, 0.3) is 0 Å². The molecule has 1 aliphatic carbocycles. The first kappa shape index (κ1) is 16.8. The van der Waals surface area contributed by atoms with Crippen molar-refractivity contribution in [2.75, 3.05) is 0 Å². The van der Waals surface area contributed by atoms with Gasteiger partial charge >= 0.3 is 0 Å². The lowest BCUT2D eigenvalue weighted by Crippen LogP contribution is -2.53. The summed E-state index contributed by atoms with van der Waals surface area (Å²) >= 11 is 4.50. The Labute approximate surface area is 150 Å². The largest absolute Gasteiger partial charge is 0.506 e. The van der Waals surface area contributed by atoms with Crippen molar-refractivity contribution in [1.29, 1.82) is 0 Å². The summed E-state index contributed by atoms with van der Waals surface area (Å²) in [5.74, 6) is 0.429. The Morgan fingerprint density at radius 1 is 1.10 bits per heavy atom. The predicted molar refractivity (Wildman–Crippen MR) is 102 cm³/mol. The monoisotopic (exact) mass is 498 g/mol. The molecule has 1 saturated carbocycles. The van der Waals surface area contributed by atoms with E-state index in [1.54, 1.807) is 0 Å². The van der Waals surface area contributed by atoms with E-state index in [1.165, 1.54) is 24.8 Å². The molecule has 1 atom stereocenters. The standard InChI is InChI=1S/C17H24I2O/c1-15(2,3)10-17(7-6-16(17,4)5)11-8-12(18)14(20)13(19)9-11/h8-9,20H,6-7,10H2,1-5H3. The molecule has 1 aromatic rings. The van der Waals surface area contributed by atoms with Crippen molar-refractivity contribution in [3.8, 4) is 5.75 Å². The van der Waals surface area contributed by atoms with Crippen LogP contribution in [0, 0.1) is 18.0 Å². The van der Waals surface area contributed by atoms with Gasteiger partial charge in [0.05, 0.1) is 7.14 Å². The smallest absolute Gasteiger partial charge is 0.142 e. The summed E-state index contributed by atoms with van der Waals surface area (Å²) in [6.45, 7) is 11.8. The summed E-state index contributed by atoms with van der Waals surface area (Å²) in [4.78, 5) is 0. The van der Waals surface area contributed by atoms with Crippen molar-refractivity contribution in [2.45, 2.75) is 59.3 Å². The maximum Gasteiger partial charge on any atom is 0.142 e. The first-order chi connectivity index (χ1) is 8.98. The van der Waals surface area contributed by atoms with Gasteiger partial charge in [-0.05, 0) is 93.0 Å². The van der Waals surface area contributed by atoms with Gasteiger partial charge in [-0.25, -0.2) is 0 Å². The molecule has 2 rings (SSSR count). The Morgan fingerprint density at radius 3 is 1.90 bits per heavy atom. The molecule has 0 bridgehead atoms. The zero-order chi connectivity index (χ0) is 15.3. The van der Waals surface area contributed by atoms with Gasteiger partial charge in [0.1, 0.15) is 5.75 Å². The van der Waals surface area contributed by atoms with Crippen molar-refractivity contribution in [3.63, 3.8) is 0 Å². The fourth-order valence-corrected chi connectivity index (χ4v) is 5.41. The molecule has 1 N–H and O–H groups in total. The highest BCUT2D eigenvalue weighted by atomic mass is 127. The average molecular weight is 498 g/mol. The fourth-order valence-electron chi connectivity index (χ4n) is 3.64. The van der Waals surface area contributed by atoms with E-state index < -0.39 is 0 Å². The van der Waals surface area contributed by atoms with E-state index in [1.807, 2.05) is 0 Å². The lowest BCUT2D eigenvalue weighted by molar-refractivity contribution is -0.00761. The minimum absolute atomic E-state index is 0.249. The molecule has 0 aliphatic heterocycles. The van der Waals surface area contributed by atoms with Crippen molar-refractivity contribution in [3.05, 3.63) is 24.8 Å². The van der Waals surface area contributed by atoms with Crippen LogP contribution in [0.3, 0.4) is 0 Å². The number of hydrogen-bond acceptors (Lipinski definition) is 1. The normalized spacial score (nSPS) is 25.4. The highest BCUT2D eigenvalue weighted by molar-refractivity contribution is 14.1. The van der Waals surface area contributed by atoms with Gasteiger partial charge in [-0.15, -0.1) is 0 Å². The lowest BCUT2D eigenvalue weighted by Gasteiger charge is -2.59. The van der Waals surface area contributed by atoms with Gasteiger partial charge < -0.3 is 5.11 Å². The zero-order valence-electron chi connectivity index (χ0n) is 13.0. The van der Waals surface area contributed by atoms with Crippen LogP contribution in [0.5, 0.6) is 5.75 Å². The number of phenolic OH excluding ortho intramolecular Hbond substituents is 1. The number of aromatic hydroxyl groups is 1. The summed E-state index contributed by atoms with van der Waals surface area (Å²) in [6, 6.07) is 4.40. The Kier molecular flexibility index (Phi) is 4.45. The molecule has 20 heavy (non-hydrogen) atoms. The highest BCUT2D eigenvalue weighted by Gasteiger charge is 2.55. The summed E-state index contributed by atoms with van der Waals surface area (Å²) in [6.07, 6.45) is 3.75. The molecule has 0 radical (unpaired) electrons. The summed E-state index contributed by atoms with van der Waals surface area (Å²) in [5, 5.41) is 10.0. The molecule has 1 fully saturated rings. The maximum absolute atomic E-state index is 10.0. The van der Waals surface area contributed by atoms with E-state index in [0.29, 0.717) is 16.6 Å². The Morgan fingerprint density at radius 2 is 1.60 bits per heavy atom. The van der Waals surface area contributed by atoms with E-state index in [-0.39, 0.29) is 5.41 Å². The molecule has 0 aromatic heterocycles. The number of phenols is 1. The van der Waals surface area contributed by atoms with Gasteiger partial charge in [0.15, 0.2) is 0 Å². The van der Waals surface area contributed by atoms with Crippen molar-refractivity contribution >= 4 is 45.2 Å². The minimum atomic E-state index is 0.249. The number of hydrogen-bond donors (Lipinski definition) is 1. The van der Waals surface area contributed by atoms with E-state index in [4.69, 9.17) is 0 Å². The quantitative estimate of drug-likeness (QED) is 0.490. The van der Waals surface area contributed by atoms with Crippen LogP contribution in [-0.4, -0.2) is 5.11 Å². The molecule has 0 saturated heterocycles. The number of halogens is 2. The second-order valence-corrected chi connectivity index (χ2v) is 10.3. The van der Waals surface area contributed by atoms with Gasteiger partial charge in [0.2, 0.25) is 0 Å². The summed E-state index contributed by atoms with van der Waals surface area (Å²) < 4.78 is 1.95. The van der Waals surface area contributed by atoms with Crippen molar-refractivity contribution in [1.82, 2.24) is 0 Å².